The van der Waals surface area contributed by atoms with Crippen LogP contribution in [0.25, 0.3) is 6.08 Å². The number of hydrogen-bond donors (Lipinski definition) is 0. The third-order valence-corrected chi connectivity index (χ3v) is 2.62. The van der Waals surface area contributed by atoms with Gasteiger partial charge in [0.2, 0.25) is 0 Å². The molecule has 0 aromatic heterocycles. The van der Waals surface area contributed by atoms with Crippen LogP contribution >= 0.6 is 0 Å². The molecule has 0 radical (unpaired) electrons. The van der Waals surface area contributed by atoms with Gasteiger partial charge in [0.15, 0.2) is 0 Å². The maximum atomic E-state index is 3.84. The molecule has 1 rings (SSSR count). The third-order valence-electron chi connectivity index (χ3n) is 2.62. The maximum absolute atomic E-state index is 3.84. The van der Waals surface area contributed by atoms with Crippen LogP contribution in [0.4, 0.5) is 0 Å². The molecule has 14 heavy (non-hydrogen) atoms. The van der Waals surface area contributed by atoms with E-state index in [4.69, 9.17) is 0 Å². The van der Waals surface area contributed by atoms with Gasteiger partial charge >= 0.3 is 0 Å². The lowest BCUT2D eigenvalue weighted by Gasteiger charge is -2.11. The van der Waals surface area contributed by atoms with Gasteiger partial charge in [-0.25, -0.2) is 0 Å². The number of benzene rings is 1. The van der Waals surface area contributed by atoms with Crippen molar-refractivity contribution in [2.45, 2.75) is 33.1 Å². The Labute approximate surface area is 87.7 Å². The Morgan fingerprint density at radius 1 is 1.36 bits per heavy atom. The Morgan fingerprint density at radius 2 is 2.07 bits per heavy atom. The van der Waals surface area contributed by atoms with Crippen molar-refractivity contribution in [2.75, 3.05) is 0 Å². The van der Waals surface area contributed by atoms with Crippen molar-refractivity contribution in [3.05, 3.63) is 42.0 Å². The fourth-order valence-corrected chi connectivity index (χ4v) is 1.89. The third kappa shape index (κ3) is 3.02. The molecule has 1 aromatic rings. The summed E-state index contributed by atoms with van der Waals surface area (Å²) in [7, 11) is 0. The Morgan fingerprint density at radius 3 is 2.71 bits per heavy atom. The smallest absolute Gasteiger partial charge is 0.0230 e. The van der Waals surface area contributed by atoms with Gasteiger partial charge in [-0.15, -0.1) is 0 Å². The molecule has 0 aliphatic heterocycles. The monoisotopic (exact) mass is 188 g/mol. The van der Waals surface area contributed by atoms with Crippen molar-refractivity contribution in [2.24, 2.45) is 5.92 Å². The van der Waals surface area contributed by atoms with Gasteiger partial charge in [-0.3, -0.25) is 0 Å². The second-order valence-electron chi connectivity index (χ2n) is 4.00. The minimum absolute atomic E-state index is 0.779. The van der Waals surface area contributed by atoms with Gasteiger partial charge in [0.1, 0.15) is 0 Å². The summed E-state index contributed by atoms with van der Waals surface area (Å²) in [5.74, 6) is 0.779. The van der Waals surface area contributed by atoms with Gasteiger partial charge < -0.3 is 0 Å². The van der Waals surface area contributed by atoms with E-state index in [9.17, 15) is 0 Å². The molecule has 0 saturated heterocycles. The van der Waals surface area contributed by atoms with E-state index in [0.717, 1.165) is 5.92 Å². The van der Waals surface area contributed by atoms with Crippen molar-refractivity contribution in [1.82, 2.24) is 0 Å². The molecule has 0 amide bonds. The highest BCUT2D eigenvalue weighted by Gasteiger charge is 2.04. The van der Waals surface area contributed by atoms with E-state index in [1.807, 2.05) is 6.08 Å². The minimum atomic E-state index is 0.779. The highest BCUT2D eigenvalue weighted by Crippen LogP contribution is 2.17. The largest absolute Gasteiger partial charge is 0.0985 e. The summed E-state index contributed by atoms with van der Waals surface area (Å²) in [4.78, 5) is 0. The van der Waals surface area contributed by atoms with Crippen LogP contribution in [-0.2, 0) is 6.42 Å². The first-order valence-corrected chi connectivity index (χ1v) is 5.48. The van der Waals surface area contributed by atoms with E-state index >= 15 is 0 Å². The molecule has 0 N–H and O–H groups in total. The van der Waals surface area contributed by atoms with Crippen molar-refractivity contribution in [3.63, 3.8) is 0 Å². The highest BCUT2D eigenvalue weighted by atomic mass is 14.1. The van der Waals surface area contributed by atoms with E-state index in [1.165, 1.54) is 30.4 Å². The van der Waals surface area contributed by atoms with Crippen LogP contribution in [0.15, 0.2) is 30.8 Å². The zero-order valence-electron chi connectivity index (χ0n) is 9.29. The van der Waals surface area contributed by atoms with Crippen molar-refractivity contribution < 1.29 is 0 Å². The topological polar surface area (TPSA) is 0 Å². The first kappa shape index (κ1) is 11.0. The molecule has 0 heteroatoms. The summed E-state index contributed by atoms with van der Waals surface area (Å²) in [5, 5.41) is 0. The predicted molar refractivity (Wildman–Crippen MR) is 64.3 cm³/mol. The standard InChI is InChI=1S/C14H20/c1-4-8-12(3)11-14-10-7-6-9-13(14)5-2/h5-7,9-10,12H,2,4,8,11H2,1,3H3. The van der Waals surface area contributed by atoms with E-state index in [2.05, 4.69) is 44.7 Å². The average molecular weight is 188 g/mol. The molecule has 0 bridgehead atoms. The summed E-state index contributed by atoms with van der Waals surface area (Å²) in [6, 6.07) is 8.54. The Bertz CT molecular complexity index is 286. The average Bonchev–Trinajstić information content (AvgIpc) is 2.19. The summed E-state index contributed by atoms with van der Waals surface area (Å²) < 4.78 is 0. The molecule has 76 valence electrons. The summed E-state index contributed by atoms with van der Waals surface area (Å²) in [6.45, 7) is 8.41. The molecule has 1 atom stereocenters. The second kappa shape index (κ2) is 5.64. The normalized spacial score (nSPS) is 12.4. The lowest BCUT2D eigenvalue weighted by Crippen LogP contribution is -2.00. The summed E-state index contributed by atoms with van der Waals surface area (Å²) in [5.41, 5.74) is 2.72. The van der Waals surface area contributed by atoms with Crippen LogP contribution < -0.4 is 0 Å². The van der Waals surface area contributed by atoms with Crippen LogP contribution in [0.1, 0.15) is 37.8 Å². The predicted octanol–water partition coefficient (Wildman–Crippen LogP) is 4.31. The summed E-state index contributed by atoms with van der Waals surface area (Å²) in [6.07, 6.45) is 5.72. The van der Waals surface area contributed by atoms with Crippen molar-refractivity contribution in [1.29, 1.82) is 0 Å². The molecule has 0 aliphatic carbocycles. The molecular weight excluding hydrogens is 168 g/mol. The van der Waals surface area contributed by atoms with Crippen LogP contribution in [0.2, 0.25) is 0 Å². The number of rotatable bonds is 5. The highest BCUT2D eigenvalue weighted by molar-refractivity contribution is 5.51. The molecule has 1 unspecified atom stereocenters. The fraction of sp³-hybridized carbons (Fsp3) is 0.429. The fourth-order valence-electron chi connectivity index (χ4n) is 1.89. The zero-order valence-corrected chi connectivity index (χ0v) is 9.29. The Hall–Kier alpha value is -1.04. The van der Waals surface area contributed by atoms with Crippen LogP contribution in [0, 0.1) is 5.92 Å². The van der Waals surface area contributed by atoms with Crippen LogP contribution in [-0.4, -0.2) is 0 Å². The van der Waals surface area contributed by atoms with Gasteiger partial charge in [0.25, 0.3) is 0 Å². The molecule has 1 aromatic carbocycles. The SMILES string of the molecule is C=Cc1ccccc1CC(C)CCC. The van der Waals surface area contributed by atoms with E-state index in [0.29, 0.717) is 0 Å². The van der Waals surface area contributed by atoms with Gasteiger partial charge in [-0.05, 0) is 23.5 Å². The van der Waals surface area contributed by atoms with Crippen molar-refractivity contribution in [3.8, 4) is 0 Å². The first-order chi connectivity index (χ1) is 6.77. The second-order valence-corrected chi connectivity index (χ2v) is 4.00. The summed E-state index contributed by atoms with van der Waals surface area (Å²) >= 11 is 0. The maximum Gasteiger partial charge on any atom is -0.0230 e. The zero-order chi connectivity index (χ0) is 10.4. The molecule has 0 aliphatic rings. The molecule has 0 nitrogen and oxygen atoms in total. The molecule has 0 spiro atoms. The van der Waals surface area contributed by atoms with Gasteiger partial charge in [-0.2, -0.15) is 0 Å². The lowest BCUT2D eigenvalue weighted by molar-refractivity contribution is 0.522. The van der Waals surface area contributed by atoms with Crippen LogP contribution in [0.3, 0.4) is 0 Å². The van der Waals surface area contributed by atoms with Crippen LogP contribution in [0.5, 0.6) is 0 Å². The lowest BCUT2D eigenvalue weighted by atomic mass is 9.94. The molecular formula is C14H20. The Balaban J connectivity index is 2.70. The molecule has 0 fully saturated rings. The van der Waals surface area contributed by atoms with Crippen molar-refractivity contribution >= 4 is 6.08 Å². The van der Waals surface area contributed by atoms with E-state index < -0.39 is 0 Å². The van der Waals surface area contributed by atoms with Gasteiger partial charge in [0.05, 0.1) is 0 Å². The van der Waals surface area contributed by atoms with E-state index in [-0.39, 0.29) is 0 Å². The number of hydrogen-bond acceptors (Lipinski definition) is 0. The molecule has 0 heterocycles. The van der Waals surface area contributed by atoms with Gasteiger partial charge in [0, 0.05) is 0 Å². The van der Waals surface area contributed by atoms with Gasteiger partial charge in [-0.1, -0.05) is 63.6 Å². The molecule has 0 saturated carbocycles. The van der Waals surface area contributed by atoms with E-state index in [1.54, 1.807) is 0 Å². The Kier molecular flexibility index (Phi) is 4.45. The first-order valence-electron chi connectivity index (χ1n) is 5.48. The minimum Gasteiger partial charge on any atom is -0.0985 e. The quantitative estimate of drug-likeness (QED) is 0.646.